The van der Waals surface area contributed by atoms with Gasteiger partial charge >= 0.3 is 0 Å². The predicted octanol–water partition coefficient (Wildman–Crippen LogP) is 1.13. The molecule has 1 N–H and O–H groups in total. The second kappa shape index (κ2) is 4.16. The highest BCUT2D eigenvalue weighted by Crippen LogP contribution is 1.95. The van der Waals surface area contributed by atoms with Gasteiger partial charge in [-0.15, -0.1) is 0 Å². The van der Waals surface area contributed by atoms with E-state index in [1.807, 2.05) is 4.57 Å². The van der Waals surface area contributed by atoms with Crippen LogP contribution in [0.15, 0.2) is 24.1 Å². The summed E-state index contributed by atoms with van der Waals surface area (Å²) < 4.78 is 1.84. The highest BCUT2D eigenvalue weighted by Gasteiger charge is 1.93. The molecule has 0 unspecified atom stereocenters. The summed E-state index contributed by atoms with van der Waals surface area (Å²) in [7, 11) is 0. The van der Waals surface area contributed by atoms with Gasteiger partial charge in [0.15, 0.2) is 0 Å². The molecule has 0 aliphatic carbocycles. The lowest BCUT2D eigenvalue weighted by molar-refractivity contribution is 0.277. The van der Waals surface area contributed by atoms with Gasteiger partial charge in [0.25, 0.3) is 0 Å². The number of rotatable bonds is 3. The Hall–Kier alpha value is -0.800. The van der Waals surface area contributed by atoms with E-state index >= 15 is 0 Å². The Bertz CT molecular complexity index is 244. The summed E-state index contributed by atoms with van der Waals surface area (Å²) in [6.45, 7) is 0.675. The highest BCUT2D eigenvalue weighted by molar-refractivity contribution is 6.25. The predicted molar refractivity (Wildman–Crippen MR) is 43.1 cm³/mol. The fraction of sp³-hybridized carbons (Fsp3) is 0.286. The van der Waals surface area contributed by atoms with E-state index in [1.54, 1.807) is 18.6 Å². The maximum Gasteiger partial charge on any atom is 0.0953 e. The lowest BCUT2D eigenvalue weighted by atomic mass is 10.5. The van der Waals surface area contributed by atoms with E-state index in [9.17, 15) is 0 Å². The van der Waals surface area contributed by atoms with Crippen LogP contribution in [0.3, 0.4) is 0 Å². The van der Waals surface area contributed by atoms with Gasteiger partial charge in [-0.05, 0) is 0 Å². The van der Waals surface area contributed by atoms with Crippen molar-refractivity contribution in [1.29, 1.82) is 0 Å². The summed E-state index contributed by atoms with van der Waals surface area (Å²) in [5, 5.41) is 8.66. The summed E-state index contributed by atoms with van der Waals surface area (Å²) in [4.78, 5) is 3.92. The first-order valence-electron chi connectivity index (χ1n) is 3.23. The lowest BCUT2D eigenvalue weighted by Gasteiger charge is -1.91. The Labute approximate surface area is 69.9 Å². The molecule has 1 rings (SSSR count). The van der Waals surface area contributed by atoms with Crippen LogP contribution in [0.4, 0.5) is 0 Å². The second-order valence-corrected chi connectivity index (χ2v) is 2.33. The molecular formula is C7H9ClN2O. The van der Waals surface area contributed by atoms with Gasteiger partial charge < -0.3 is 9.67 Å². The Balaban J connectivity index is 2.58. The van der Waals surface area contributed by atoms with Crippen LogP contribution in [0.1, 0.15) is 5.69 Å². The minimum atomic E-state index is -0.0163. The zero-order valence-electron chi connectivity index (χ0n) is 5.94. The molecule has 0 amide bonds. The number of hydrogen-bond donors (Lipinski definition) is 1. The molecule has 0 aliphatic rings. The Morgan fingerprint density at radius 2 is 2.55 bits per heavy atom. The van der Waals surface area contributed by atoms with Gasteiger partial charge in [-0.1, -0.05) is 17.7 Å². The maximum atomic E-state index is 8.66. The molecule has 0 atom stereocenters. The summed E-state index contributed by atoms with van der Waals surface area (Å²) in [6, 6.07) is 0. The van der Waals surface area contributed by atoms with Gasteiger partial charge in [0.05, 0.1) is 18.6 Å². The summed E-state index contributed by atoms with van der Waals surface area (Å²) >= 11 is 5.33. The molecule has 0 aliphatic heterocycles. The van der Waals surface area contributed by atoms with Crippen molar-refractivity contribution in [2.24, 2.45) is 0 Å². The molecule has 0 aromatic carbocycles. The Morgan fingerprint density at radius 3 is 3.09 bits per heavy atom. The molecule has 0 fully saturated rings. The smallest absolute Gasteiger partial charge is 0.0953 e. The number of aliphatic hydroxyl groups excluding tert-OH is 1. The number of hydrogen-bond acceptors (Lipinski definition) is 2. The van der Waals surface area contributed by atoms with E-state index in [2.05, 4.69) is 4.98 Å². The Morgan fingerprint density at radius 1 is 1.73 bits per heavy atom. The fourth-order valence-electron chi connectivity index (χ4n) is 0.749. The van der Waals surface area contributed by atoms with Crippen LogP contribution < -0.4 is 0 Å². The van der Waals surface area contributed by atoms with Crippen LogP contribution in [-0.2, 0) is 13.2 Å². The van der Waals surface area contributed by atoms with Gasteiger partial charge in [-0.2, -0.15) is 0 Å². The van der Waals surface area contributed by atoms with Gasteiger partial charge in [-0.25, -0.2) is 4.98 Å². The van der Waals surface area contributed by atoms with E-state index in [0.717, 1.165) is 0 Å². The first kappa shape index (κ1) is 8.30. The molecule has 0 radical (unpaired) electrons. The van der Waals surface area contributed by atoms with Crippen molar-refractivity contribution >= 4 is 11.6 Å². The van der Waals surface area contributed by atoms with Crippen LogP contribution in [0.25, 0.3) is 0 Å². The van der Waals surface area contributed by atoms with Crippen molar-refractivity contribution in [2.45, 2.75) is 13.2 Å². The van der Waals surface area contributed by atoms with E-state index in [1.165, 1.54) is 5.54 Å². The zero-order chi connectivity index (χ0) is 8.10. The number of halogens is 1. The topological polar surface area (TPSA) is 38.0 Å². The van der Waals surface area contributed by atoms with Gasteiger partial charge in [0.1, 0.15) is 0 Å². The quantitative estimate of drug-likeness (QED) is 0.742. The monoisotopic (exact) mass is 172 g/mol. The molecule has 0 saturated heterocycles. The van der Waals surface area contributed by atoms with Crippen molar-refractivity contribution in [2.75, 3.05) is 0 Å². The third kappa shape index (κ3) is 2.37. The van der Waals surface area contributed by atoms with Gasteiger partial charge in [-0.3, -0.25) is 0 Å². The standard InChI is InChI=1S/C7H9ClN2O/c8-2-1-3-10-4-7(5-11)9-6-10/h1-2,4,6,11H,3,5H2/b2-1+. The molecule has 60 valence electrons. The van der Waals surface area contributed by atoms with E-state index < -0.39 is 0 Å². The molecule has 1 aromatic heterocycles. The SMILES string of the molecule is OCc1cn(C/C=C/Cl)cn1. The molecule has 0 spiro atoms. The zero-order valence-corrected chi connectivity index (χ0v) is 6.70. The fourth-order valence-corrected chi connectivity index (χ4v) is 0.829. The van der Waals surface area contributed by atoms with Gasteiger partial charge in [0.2, 0.25) is 0 Å². The molecule has 1 aromatic rings. The Kier molecular flexibility index (Phi) is 3.14. The van der Waals surface area contributed by atoms with Crippen molar-refractivity contribution in [3.63, 3.8) is 0 Å². The minimum absolute atomic E-state index is 0.0163. The van der Waals surface area contributed by atoms with Crippen LogP contribution >= 0.6 is 11.6 Å². The molecule has 4 heteroatoms. The number of nitrogens with zero attached hydrogens (tertiary/aromatic N) is 2. The third-order valence-corrected chi connectivity index (χ3v) is 1.43. The van der Waals surface area contributed by atoms with Crippen molar-refractivity contribution in [3.05, 3.63) is 29.8 Å². The first-order chi connectivity index (χ1) is 5.36. The van der Waals surface area contributed by atoms with E-state index in [-0.39, 0.29) is 6.61 Å². The van der Waals surface area contributed by atoms with Crippen LogP contribution in [0.2, 0.25) is 0 Å². The third-order valence-electron chi connectivity index (χ3n) is 1.25. The highest BCUT2D eigenvalue weighted by atomic mass is 35.5. The van der Waals surface area contributed by atoms with E-state index in [0.29, 0.717) is 12.2 Å². The molecular weight excluding hydrogens is 164 g/mol. The van der Waals surface area contributed by atoms with Crippen molar-refractivity contribution in [3.8, 4) is 0 Å². The number of aromatic nitrogens is 2. The van der Waals surface area contributed by atoms with Crippen LogP contribution in [-0.4, -0.2) is 14.7 Å². The van der Waals surface area contributed by atoms with Crippen LogP contribution in [0.5, 0.6) is 0 Å². The average molecular weight is 173 g/mol. The number of aliphatic hydroxyl groups is 1. The average Bonchev–Trinajstić information content (AvgIpc) is 2.48. The van der Waals surface area contributed by atoms with Gasteiger partial charge in [0, 0.05) is 18.3 Å². The van der Waals surface area contributed by atoms with E-state index in [4.69, 9.17) is 16.7 Å². The molecule has 0 bridgehead atoms. The summed E-state index contributed by atoms with van der Waals surface area (Å²) in [5.74, 6) is 0. The minimum Gasteiger partial charge on any atom is -0.390 e. The molecule has 11 heavy (non-hydrogen) atoms. The summed E-state index contributed by atoms with van der Waals surface area (Å²) in [5.41, 5.74) is 2.13. The second-order valence-electron chi connectivity index (χ2n) is 2.08. The summed E-state index contributed by atoms with van der Waals surface area (Å²) in [6.07, 6.45) is 5.23. The molecule has 1 heterocycles. The number of imidazole rings is 1. The normalized spacial score (nSPS) is 11.1. The lowest BCUT2D eigenvalue weighted by Crippen LogP contribution is -1.89. The first-order valence-corrected chi connectivity index (χ1v) is 3.67. The maximum absolute atomic E-state index is 8.66. The molecule has 3 nitrogen and oxygen atoms in total. The number of allylic oxidation sites excluding steroid dienone is 1. The molecule has 0 saturated carbocycles. The van der Waals surface area contributed by atoms with Crippen molar-refractivity contribution < 1.29 is 5.11 Å². The van der Waals surface area contributed by atoms with Crippen molar-refractivity contribution in [1.82, 2.24) is 9.55 Å². The van der Waals surface area contributed by atoms with Crippen LogP contribution in [0, 0.1) is 0 Å². The largest absolute Gasteiger partial charge is 0.390 e.